The number of anilines is 1. The Labute approximate surface area is 179 Å². The van der Waals surface area contributed by atoms with Gasteiger partial charge in [-0.05, 0) is 42.8 Å². The molecule has 0 atom stereocenters. The molecule has 0 saturated carbocycles. The van der Waals surface area contributed by atoms with Crippen LogP contribution >= 0.6 is 22.9 Å². The molecule has 0 radical (unpaired) electrons. The lowest BCUT2D eigenvalue weighted by atomic mass is 10.1. The number of hydrogen-bond acceptors (Lipinski definition) is 6. The second kappa shape index (κ2) is 8.39. The molecule has 2 aromatic heterocycles. The third kappa shape index (κ3) is 4.30. The van der Waals surface area contributed by atoms with Crippen molar-refractivity contribution in [2.24, 2.45) is 0 Å². The zero-order chi connectivity index (χ0) is 20.4. The average molecular weight is 449 g/mol. The van der Waals surface area contributed by atoms with Crippen LogP contribution in [0.2, 0.25) is 5.02 Å². The predicted molar refractivity (Wildman–Crippen MR) is 117 cm³/mol. The fourth-order valence-electron chi connectivity index (χ4n) is 3.24. The maximum Gasteiger partial charge on any atom is 0.252 e. The Kier molecular flexibility index (Phi) is 5.87. The van der Waals surface area contributed by atoms with Gasteiger partial charge in [-0.2, -0.15) is 4.31 Å². The summed E-state index contributed by atoms with van der Waals surface area (Å²) in [5, 5.41) is 9.33. The van der Waals surface area contributed by atoms with Gasteiger partial charge in [0.05, 0.1) is 5.69 Å². The fraction of sp³-hybridized carbons (Fsp3) is 0.300. The molecular formula is C20H21ClN4O2S2. The Morgan fingerprint density at radius 3 is 2.28 bits per heavy atom. The van der Waals surface area contributed by atoms with Crippen LogP contribution < -0.4 is 4.90 Å². The van der Waals surface area contributed by atoms with Crippen molar-refractivity contribution < 1.29 is 8.42 Å². The molecular weight excluding hydrogens is 428 g/mol. The van der Waals surface area contributed by atoms with Crippen molar-refractivity contribution in [3.63, 3.8) is 0 Å². The number of nitrogens with zero attached hydrogens (tertiary/aromatic N) is 4. The molecule has 6 nitrogen and oxygen atoms in total. The van der Waals surface area contributed by atoms with Gasteiger partial charge >= 0.3 is 0 Å². The van der Waals surface area contributed by atoms with Crippen molar-refractivity contribution in [2.45, 2.75) is 17.6 Å². The Morgan fingerprint density at radius 2 is 1.69 bits per heavy atom. The van der Waals surface area contributed by atoms with Crippen LogP contribution in [0, 0.1) is 0 Å². The molecule has 1 saturated heterocycles. The third-order valence-corrected chi connectivity index (χ3v) is 8.78. The smallest absolute Gasteiger partial charge is 0.252 e. The van der Waals surface area contributed by atoms with E-state index in [1.54, 1.807) is 10.4 Å². The molecule has 1 aliphatic heterocycles. The molecule has 0 aliphatic carbocycles. The summed E-state index contributed by atoms with van der Waals surface area (Å²) in [5.41, 5.74) is 1.72. The summed E-state index contributed by atoms with van der Waals surface area (Å²) < 4.78 is 27.7. The number of hydrogen-bond donors (Lipinski definition) is 0. The molecule has 0 spiro atoms. The van der Waals surface area contributed by atoms with Crippen LogP contribution in [0.5, 0.6) is 0 Å². The first kappa shape index (κ1) is 20.3. The van der Waals surface area contributed by atoms with Crippen LogP contribution in [0.1, 0.15) is 11.8 Å². The zero-order valence-electron chi connectivity index (χ0n) is 16.0. The van der Waals surface area contributed by atoms with Gasteiger partial charge in [0.1, 0.15) is 4.21 Å². The van der Waals surface area contributed by atoms with Crippen LogP contribution in [0.3, 0.4) is 0 Å². The van der Waals surface area contributed by atoms with Crippen LogP contribution in [0.25, 0.3) is 11.3 Å². The van der Waals surface area contributed by atoms with E-state index in [1.807, 2.05) is 49.4 Å². The van der Waals surface area contributed by atoms with Crippen LogP contribution in [0.4, 0.5) is 5.82 Å². The number of benzene rings is 1. The second-order valence-electron chi connectivity index (χ2n) is 6.75. The Morgan fingerprint density at radius 1 is 0.966 bits per heavy atom. The number of piperazine rings is 1. The van der Waals surface area contributed by atoms with E-state index in [-0.39, 0.29) is 0 Å². The standard InChI is InChI=1S/C20H21ClN4O2S2/c1-2-17-7-10-20(28-17)29(26,27)25-13-11-24(12-14-25)19-9-8-18(22-23-19)15-3-5-16(21)6-4-15/h3-10H,2,11-14H2,1H3. The minimum Gasteiger partial charge on any atom is -0.352 e. The molecule has 0 N–H and O–H groups in total. The zero-order valence-corrected chi connectivity index (χ0v) is 18.3. The van der Waals surface area contributed by atoms with Gasteiger partial charge in [0.25, 0.3) is 10.0 Å². The Hall–Kier alpha value is -2.00. The van der Waals surface area contributed by atoms with Crippen LogP contribution in [-0.2, 0) is 16.4 Å². The molecule has 0 amide bonds. The lowest BCUT2D eigenvalue weighted by molar-refractivity contribution is 0.384. The molecule has 9 heteroatoms. The fourth-order valence-corrected chi connectivity index (χ4v) is 6.24. The first-order valence-corrected chi connectivity index (χ1v) is 12.0. The summed E-state index contributed by atoms with van der Waals surface area (Å²) in [5.74, 6) is 0.754. The van der Waals surface area contributed by atoms with E-state index >= 15 is 0 Å². The summed E-state index contributed by atoms with van der Waals surface area (Å²) in [6.45, 7) is 4.06. The normalized spacial score (nSPS) is 15.6. The highest BCUT2D eigenvalue weighted by Crippen LogP contribution is 2.27. The molecule has 1 aromatic carbocycles. The number of sulfonamides is 1. The predicted octanol–water partition coefficient (Wildman–Crippen LogP) is 3.93. The molecule has 0 unspecified atom stereocenters. The van der Waals surface area contributed by atoms with Crippen LogP contribution in [0.15, 0.2) is 52.7 Å². The van der Waals surface area contributed by atoms with E-state index in [9.17, 15) is 8.42 Å². The van der Waals surface area contributed by atoms with Crippen molar-refractivity contribution >= 4 is 38.8 Å². The highest BCUT2D eigenvalue weighted by atomic mass is 35.5. The molecule has 152 valence electrons. The highest BCUT2D eigenvalue weighted by molar-refractivity contribution is 7.91. The van der Waals surface area contributed by atoms with E-state index in [1.165, 1.54) is 11.3 Å². The Balaban J connectivity index is 1.42. The van der Waals surface area contributed by atoms with Gasteiger partial charge in [-0.1, -0.05) is 30.7 Å². The maximum absolute atomic E-state index is 12.9. The third-order valence-electron chi connectivity index (χ3n) is 4.93. The van der Waals surface area contributed by atoms with E-state index in [0.717, 1.165) is 28.4 Å². The number of thiophene rings is 1. The number of aryl methyl sites for hydroxylation is 1. The Bertz CT molecular complexity index is 1070. The van der Waals surface area contributed by atoms with E-state index in [2.05, 4.69) is 15.1 Å². The summed E-state index contributed by atoms with van der Waals surface area (Å²) >= 11 is 7.29. The minimum atomic E-state index is -3.42. The van der Waals surface area contributed by atoms with Gasteiger partial charge < -0.3 is 4.90 Å². The van der Waals surface area contributed by atoms with E-state index in [4.69, 9.17) is 11.6 Å². The average Bonchev–Trinajstić information content (AvgIpc) is 3.25. The molecule has 29 heavy (non-hydrogen) atoms. The van der Waals surface area contributed by atoms with Gasteiger partial charge in [0.2, 0.25) is 0 Å². The second-order valence-corrected chi connectivity index (χ2v) is 10.5. The maximum atomic E-state index is 12.9. The van der Waals surface area contributed by atoms with Crippen molar-refractivity contribution in [2.75, 3.05) is 31.1 Å². The van der Waals surface area contributed by atoms with Crippen molar-refractivity contribution in [3.8, 4) is 11.3 Å². The number of halogens is 1. The molecule has 3 aromatic rings. The number of rotatable bonds is 5. The monoisotopic (exact) mass is 448 g/mol. The summed E-state index contributed by atoms with van der Waals surface area (Å²) in [7, 11) is -3.42. The quantitative estimate of drug-likeness (QED) is 0.591. The summed E-state index contributed by atoms with van der Waals surface area (Å²) in [4.78, 5) is 3.15. The van der Waals surface area contributed by atoms with Gasteiger partial charge in [-0.25, -0.2) is 8.42 Å². The van der Waals surface area contributed by atoms with Gasteiger partial charge in [0, 0.05) is 41.6 Å². The summed E-state index contributed by atoms with van der Waals surface area (Å²) in [6, 6.07) is 14.9. The first-order chi connectivity index (χ1) is 14.0. The van der Waals surface area contributed by atoms with Crippen molar-refractivity contribution in [1.29, 1.82) is 0 Å². The molecule has 0 bridgehead atoms. The van der Waals surface area contributed by atoms with Gasteiger partial charge in [0.15, 0.2) is 5.82 Å². The van der Waals surface area contributed by atoms with Crippen molar-refractivity contribution in [3.05, 3.63) is 58.4 Å². The minimum absolute atomic E-state index is 0.426. The van der Waals surface area contributed by atoms with Crippen molar-refractivity contribution in [1.82, 2.24) is 14.5 Å². The molecule has 4 rings (SSSR count). The SMILES string of the molecule is CCc1ccc(S(=O)(=O)N2CCN(c3ccc(-c4ccc(Cl)cc4)nn3)CC2)s1. The topological polar surface area (TPSA) is 66.4 Å². The molecule has 1 fully saturated rings. The van der Waals surface area contributed by atoms with E-state index in [0.29, 0.717) is 35.4 Å². The lowest BCUT2D eigenvalue weighted by Gasteiger charge is -2.34. The molecule has 1 aliphatic rings. The summed E-state index contributed by atoms with van der Waals surface area (Å²) in [6.07, 6.45) is 0.846. The number of aromatic nitrogens is 2. The van der Waals surface area contributed by atoms with Gasteiger partial charge in [-0.15, -0.1) is 21.5 Å². The lowest BCUT2D eigenvalue weighted by Crippen LogP contribution is -2.48. The van der Waals surface area contributed by atoms with Crippen LogP contribution in [-0.4, -0.2) is 49.1 Å². The highest BCUT2D eigenvalue weighted by Gasteiger charge is 2.30. The molecule has 3 heterocycles. The first-order valence-electron chi connectivity index (χ1n) is 9.41. The van der Waals surface area contributed by atoms with E-state index < -0.39 is 10.0 Å². The largest absolute Gasteiger partial charge is 0.352 e. The van der Waals surface area contributed by atoms with Gasteiger partial charge in [-0.3, -0.25) is 0 Å².